The summed E-state index contributed by atoms with van der Waals surface area (Å²) in [5.74, 6) is 0.788. The molecule has 0 aliphatic carbocycles. The number of hydrogen-bond donors (Lipinski definition) is 1. The first-order chi connectivity index (χ1) is 7.34. The molecule has 0 amide bonds. The van der Waals surface area contributed by atoms with Crippen LogP contribution in [-0.2, 0) is 6.54 Å². The highest BCUT2D eigenvalue weighted by atomic mass is 16.5. The van der Waals surface area contributed by atoms with Crippen LogP contribution in [0.15, 0.2) is 33.5 Å². The number of benzene rings is 1. The van der Waals surface area contributed by atoms with E-state index in [1.54, 1.807) is 6.07 Å². The van der Waals surface area contributed by atoms with Crippen molar-refractivity contribution in [3.8, 4) is 5.75 Å². The quantitative estimate of drug-likeness (QED) is 0.654. The van der Waals surface area contributed by atoms with E-state index >= 15 is 0 Å². The van der Waals surface area contributed by atoms with Crippen molar-refractivity contribution in [2.24, 2.45) is 0 Å². The zero-order valence-electron chi connectivity index (χ0n) is 7.95. The maximum Gasteiger partial charge on any atom is 0.336 e. The Kier molecular flexibility index (Phi) is 1.76. The molecule has 4 nitrogen and oxygen atoms in total. The summed E-state index contributed by atoms with van der Waals surface area (Å²) in [6.45, 7) is 1.16. The topological polar surface area (TPSA) is 51.5 Å². The number of nitrogens with one attached hydrogen (secondary N) is 1. The Morgan fingerprint density at radius 1 is 1.20 bits per heavy atom. The number of ether oxygens (including phenoxy) is 1. The lowest BCUT2D eigenvalue weighted by Gasteiger charge is -2.18. The van der Waals surface area contributed by atoms with Gasteiger partial charge in [-0.25, -0.2) is 4.79 Å². The molecule has 4 heteroatoms. The molecule has 0 spiro atoms. The lowest BCUT2D eigenvalue weighted by Crippen LogP contribution is -2.25. The third-order valence-electron chi connectivity index (χ3n) is 2.48. The molecule has 0 bridgehead atoms. The minimum absolute atomic E-state index is 0.332. The highest BCUT2D eigenvalue weighted by Crippen LogP contribution is 2.28. The molecule has 0 unspecified atom stereocenters. The Labute approximate surface area is 85.5 Å². The lowest BCUT2D eigenvalue weighted by atomic mass is 10.1. The van der Waals surface area contributed by atoms with Crippen molar-refractivity contribution in [3.05, 3.63) is 40.2 Å². The van der Waals surface area contributed by atoms with Gasteiger partial charge in [0, 0.05) is 18.0 Å². The zero-order chi connectivity index (χ0) is 10.3. The van der Waals surface area contributed by atoms with Gasteiger partial charge in [0.05, 0.1) is 5.56 Å². The van der Waals surface area contributed by atoms with E-state index in [0.717, 1.165) is 16.7 Å². The van der Waals surface area contributed by atoms with E-state index in [2.05, 4.69) is 5.32 Å². The molecule has 1 N–H and O–H groups in total. The average Bonchev–Trinajstić information content (AvgIpc) is 2.29. The van der Waals surface area contributed by atoms with Gasteiger partial charge >= 0.3 is 5.63 Å². The van der Waals surface area contributed by atoms with E-state index in [9.17, 15) is 4.79 Å². The fraction of sp³-hybridized carbons (Fsp3) is 0.182. The molecule has 0 atom stereocenters. The van der Waals surface area contributed by atoms with Crippen LogP contribution in [0.3, 0.4) is 0 Å². The Hall–Kier alpha value is -1.81. The number of fused-ring (bicyclic) bond motifs is 3. The van der Waals surface area contributed by atoms with Crippen molar-refractivity contribution in [1.82, 2.24) is 5.32 Å². The lowest BCUT2D eigenvalue weighted by molar-refractivity contribution is 0.257. The first kappa shape index (κ1) is 8.49. The molecule has 2 heterocycles. The van der Waals surface area contributed by atoms with Crippen LogP contribution in [0.2, 0.25) is 0 Å². The van der Waals surface area contributed by atoms with Gasteiger partial charge in [0.15, 0.2) is 0 Å². The molecule has 3 rings (SSSR count). The van der Waals surface area contributed by atoms with Gasteiger partial charge in [-0.15, -0.1) is 0 Å². The molecule has 76 valence electrons. The first-order valence-corrected chi connectivity index (χ1v) is 4.74. The summed E-state index contributed by atoms with van der Waals surface area (Å²) < 4.78 is 10.6. The maximum atomic E-state index is 11.1. The van der Waals surface area contributed by atoms with Gasteiger partial charge < -0.3 is 9.15 Å². The molecular formula is C11H9NO3. The minimum atomic E-state index is -0.332. The summed E-state index contributed by atoms with van der Waals surface area (Å²) in [4.78, 5) is 11.1. The summed E-state index contributed by atoms with van der Waals surface area (Å²) in [7, 11) is 0. The van der Waals surface area contributed by atoms with Crippen molar-refractivity contribution in [1.29, 1.82) is 0 Å². The van der Waals surface area contributed by atoms with Crippen LogP contribution in [-0.4, -0.2) is 6.73 Å². The Morgan fingerprint density at radius 3 is 3.00 bits per heavy atom. The summed E-state index contributed by atoms with van der Waals surface area (Å²) in [6.07, 6.45) is 0. The average molecular weight is 203 g/mol. The molecule has 0 saturated carbocycles. The van der Waals surface area contributed by atoms with Crippen molar-refractivity contribution in [3.63, 3.8) is 0 Å². The van der Waals surface area contributed by atoms with E-state index in [4.69, 9.17) is 9.15 Å². The Bertz CT molecular complexity index is 574. The van der Waals surface area contributed by atoms with E-state index in [-0.39, 0.29) is 5.63 Å². The van der Waals surface area contributed by atoms with Gasteiger partial charge in [-0.1, -0.05) is 0 Å². The molecule has 0 radical (unpaired) electrons. The van der Waals surface area contributed by atoms with Crippen LogP contribution in [0.25, 0.3) is 11.0 Å². The monoisotopic (exact) mass is 203 g/mol. The Morgan fingerprint density at radius 2 is 2.07 bits per heavy atom. The van der Waals surface area contributed by atoms with Gasteiger partial charge in [0.2, 0.25) is 0 Å². The molecule has 1 aromatic heterocycles. The smallest absolute Gasteiger partial charge is 0.336 e. The fourth-order valence-electron chi connectivity index (χ4n) is 1.78. The van der Waals surface area contributed by atoms with Gasteiger partial charge in [0.1, 0.15) is 18.1 Å². The van der Waals surface area contributed by atoms with E-state index in [0.29, 0.717) is 18.9 Å². The zero-order valence-corrected chi connectivity index (χ0v) is 7.95. The van der Waals surface area contributed by atoms with Crippen LogP contribution < -0.4 is 15.7 Å². The van der Waals surface area contributed by atoms with E-state index in [1.807, 2.05) is 12.1 Å². The highest BCUT2D eigenvalue weighted by Gasteiger charge is 2.14. The second kappa shape index (κ2) is 3.10. The standard InChI is InChI=1S/C11H9NO3/c13-10-4-2-7-1-3-9-8(11(7)15-10)5-12-6-14-9/h1-4,12H,5-6H2. The molecule has 15 heavy (non-hydrogen) atoms. The maximum absolute atomic E-state index is 11.1. The van der Waals surface area contributed by atoms with Gasteiger partial charge in [-0.3, -0.25) is 5.32 Å². The van der Waals surface area contributed by atoms with Crippen LogP contribution in [0.1, 0.15) is 5.56 Å². The number of hydrogen-bond acceptors (Lipinski definition) is 4. The third kappa shape index (κ3) is 1.30. The SMILES string of the molecule is O=c1ccc2ccc3c(c2o1)CNCO3. The fourth-order valence-corrected chi connectivity index (χ4v) is 1.78. The van der Waals surface area contributed by atoms with Crippen LogP contribution in [0.4, 0.5) is 0 Å². The van der Waals surface area contributed by atoms with Crippen LogP contribution in [0.5, 0.6) is 5.75 Å². The molecule has 1 aliphatic heterocycles. The normalized spacial score (nSPS) is 14.7. The van der Waals surface area contributed by atoms with Gasteiger partial charge in [-0.05, 0) is 18.2 Å². The second-order valence-electron chi connectivity index (χ2n) is 3.43. The minimum Gasteiger partial charge on any atom is -0.478 e. The molecule has 0 saturated heterocycles. The van der Waals surface area contributed by atoms with E-state index < -0.39 is 0 Å². The molecular weight excluding hydrogens is 194 g/mol. The van der Waals surface area contributed by atoms with Crippen LogP contribution >= 0.6 is 0 Å². The van der Waals surface area contributed by atoms with Crippen molar-refractivity contribution in [2.45, 2.75) is 6.54 Å². The van der Waals surface area contributed by atoms with Gasteiger partial charge in [0.25, 0.3) is 0 Å². The molecule has 1 aromatic carbocycles. The first-order valence-electron chi connectivity index (χ1n) is 4.74. The predicted octanol–water partition coefficient (Wildman–Crippen LogP) is 1.23. The predicted molar refractivity (Wildman–Crippen MR) is 54.8 cm³/mol. The number of rotatable bonds is 0. The summed E-state index contributed by atoms with van der Waals surface area (Å²) in [5.41, 5.74) is 1.20. The van der Waals surface area contributed by atoms with Crippen molar-refractivity contribution < 1.29 is 9.15 Å². The molecule has 2 aromatic rings. The summed E-state index contributed by atoms with van der Waals surface area (Å²) in [6, 6.07) is 6.98. The van der Waals surface area contributed by atoms with Crippen LogP contribution in [0, 0.1) is 0 Å². The molecule has 0 fully saturated rings. The summed E-state index contributed by atoms with van der Waals surface area (Å²) >= 11 is 0. The highest BCUT2D eigenvalue weighted by molar-refractivity contribution is 5.82. The second-order valence-corrected chi connectivity index (χ2v) is 3.43. The third-order valence-corrected chi connectivity index (χ3v) is 2.48. The van der Waals surface area contributed by atoms with Gasteiger partial charge in [-0.2, -0.15) is 0 Å². The van der Waals surface area contributed by atoms with Crippen molar-refractivity contribution >= 4 is 11.0 Å². The van der Waals surface area contributed by atoms with E-state index in [1.165, 1.54) is 6.07 Å². The van der Waals surface area contributed by atoms with Crippen molar-refractivity contribution in [2.75, 3.05) is 6.73 Å². The summed E-state index contributed by atoms with van der Waals surface area (Å²) in [5, 5.41) is 3.99. The largest absolute Gasteiger partial charge is 0.478 e. The molecule has 1 aliphatic rings. The Balaban J connectivity index is 2.39.